The molecule has 1 fully saturated rings. The average molecular weight is 179 g/mol. The summed E-state index contributed by atoms with van der Waals surface area (Å²) < 4.78 is 4.70. The van der Waals surface area contributed by atoms with E-state index in [0.29, 0.717) is 0 Å². The summed E-state index contributed by atoms with van der Waals surface area (Å²) >= 11 is 0. The van der Waals surface area contributed by atoms with Crippen molar-refractivity contribution in [3.63, 3.8) is 0 Å². The molecule has 0 saturated carbocycles. The lowest BCUT2D eigenvalue weighted by atomic mass is 9.98. The summed E-state index contributed by atoms with van der Waals surface area (Å²) in [6, 6.07) is -1.04. The number of hydrogen-bond donors (Lipinski definition) is 5. The first kappa shape index (κ1) is 9.85. The van der Waals surface area contributed by atoms with E-state index in [0.717, 1.165) is 0 Å². The van der Waals surface area contributed by atoms with Gasteiger partial charge in [0.05, 0.1) is 12.6 Å². The maximum Gasteiger partial charge on any atom is 0.173 e. The van der Waals surface area contributed by atoms with E-state index in [4.69, 9.17) is 20.7 Å². The van der Waals surface area contributed by atoms with Gasteiger partial charge in [-0.1, -0.05) is 0 Å². The fourth-order valence-electron chi connectivity index (χ4n) is 1.12. The van der Waals surface area contributed by atoms with E-state index < -0.39 is 37.3 Å². The highest BCUT2D eigenvalue weighted by Crippen LogP contribution is 2.17. The minimum Gasteiger partial charge on any atom is -0.394 e. The van der Waals surface area contributed by atoms with Gasteiger partial charge in [0.2, 0.25) is 0 Å². The first-order chi connectivity index (χ1) is 5.57. The van der Waals surface area contributed by atoms with Crippen LogP contribution in [0.5, 0.6) is 0 Å². The third kappa shape index (κ3) is 1.58. The second-order valence-corrected chi connectivity index (χ2v) is 2.81. The fourth-order valence-corrected chi connectivity index (χ4v) is 1.12. The van der Waals surface area contributed by atoms with Crippen molar-refractivity contribution < 1.29 is 25.2 Å². The van der Waals surface area contributed by atoms with Gasteiger partial charge in [-0.2, -0.15) is 0 Å². The molecule has 12 heavy (non-hydrogen) atoms. The molecule has 1 saturated heterocycles. The Bertz CT molecular complexity index is 150. The summed E-state index contributed by atoms with van der Waals surface area (Å²) in [6.45, 7) is -0.470. The highest BCUT2D eigenvalue weighted by atomic mass is 16.6. The van der Waals surface area contributed by atoms with E-state index in [9.17, 15) is 10.2 Å². The Morgan fingerprint density at radius 2 is 1.75 bits per heavy atom. The molecule has 3 unspecified atom stereocenters. The summed E-state index contributed by atoms with van der Waals surface area (Å²) in [7, 11) is 0. The second-order valence-electron chi connectivity index (χ2n) is 2.81. The highest BCUT2D eigenvalue weighted by molar-refractivity contribution is 4.90. The molecule has 0 amide bonds. The minimum absolute atomic E-state index is 0.470. The molecule has 0 aliphatic carbocycles. The van der Waals surface area contributed by atoms with Crippen LogP contribution in [0.25, 0.3) is 0 Å². The standard InChI is InChI=1S/C6H13NO5/c7-3-5(10)4(9)2(1-8)12-6(3)11/h2-6,8-11H,1,7H2/t2?,3-,4+,5?,6?/m1/s1. The van der Waals surface area contributed by atoms with E-state index in [1.165, 1.54) is 0 Å². The molecular formula is C6H13NO5. The summed E-state index contributed by atoms with van der Waals surface area (Å²) in [5.74, 6) is 0. The zero-order valence-electron chi connectivity index (χ0n) is 6.37. The predicted molar refractivity (Wildman–Crippen MR) is 38.0 cm³/mol. The van der Waals surface area contributed by atoms with Crippen LogP contribution in [-0.4, -0.2) is 57.7 Å². The van der Waals surface area contributed by atoms with Gasteiger partial charge in [-0.05, 0) is 0 Å². The molecule has 5 atom stereocenters. The number of aliphatic hydroxyl groups excluding tert-OH is 4. The van der Waals surface area contributed by atoms with Crippen LogP contribution in [0.15, 0.2) is 0 Å². The van der Waals surface area contributed by atoms with Gasteiger partial charge in [-0.15, -0.1) is 0 Å². The van der Waals surface area contributed by atoms with Gasteiger partial charge in [-0.3, -0.25) is 0 Å². The van der Waals surface area contributed by atoms with E-state index in [1.807, 2.05) is 0 Å². The largest absolute Gasteiger partial charge is 0.394 e. The Morgan fingerprint density at radius 3 is 2.25 bits per heavy atom. The molecule has 1 heterocycles. The lowest BCUT2D eigenvalue weighted by Crippen LogP contribution is -2.61. The van der Waals surface area contributed by atoms with E-state index >= 15 is 0 Å². The summed E-state index contributed by atoms with van der Waals surface area (Å²) in [5.41, 5.74) is 5.26. The van der Waals surface area contributed by atoms with E-state index in [1.54, 1.807) is 0 Å². The second kappa shape index (κ2) is 3.65. The zero-order valence-corrected chi connectivity index (χ0v) is 6.37. The van der Waals surface area contributed by atoms with Gasteiger partial charge in [0.25, 0.3) is 0 Å². The molecule has 0 bridgehead atoms. The molecule has 1 rings (SSSR count). The lowest BCUT2D eigenvalue weighted by molar-refractivity contribution is -0.248. The maximum atomic E-state index is 9.20. The molecular weight excluding hydrogens is 166 g/mol. The van der Waals surface area contributed by atoms with Crippen molar-refractivity contribution in [1.82, 2.24) is 0 Å². The van der Waals surface area contributed by atoms with Gasteiger partial charge in [0, 0.05) is 0 Å². The van der Waals surface area contributed by atoms with Gasteiger partial charge in [0.15, 0.2) is 6.29 Å². The molecule has 6 N–H and O–H groups in total. The Kier molecular flexibility index (Phi) is 2.99. The van der Waals surface area contributed by atoms with Crippen molar-refractivity contribution in [2.24, 2.45) is 5.73 Å². The minimum atomic E-state index is -1.35. The van der Waals surface area contributed by atoms with E-state index in [-0.39, 0.29) is 0 Å². The topological polar surface area (TPSA) is 116 Å². The Labute approximate surface area is 69.2 Å². The van der Waals surface area contributed by atoms with Crippen LogP contribution in [0.1, 0.15) is 0 Å². The number of hydrogen-bond acceptors (Lipinski definition) is 6. The Hall–Kier alpha value is -0.240. The first-order valence-corrected chi connectivity index (χ1v) is 3.64. The van der Waals surface area contributed by atoms with Gasteiger partial charge in [-0.25, -0.2) is 0 Å². The van der Waals surface area contributed by atoms with Gasteiger partial charge < -0.3 is 30.9 Å². The molecule has 6 nitrogen and oxygen atoms in total. The molecule has 0 aromatic carbocycles. The summed E-state index contributed by atoms with van der Waals surface area (Å²) in [5, 5.41) is 36.1. The lowest BCUT2D eigenvalue weighted by Gasteiger charge is -2.38. The molecule has 0 aromatic rings. The predicted octanol–water partition coefficient (Wildman–Crippen LogP) is -3.25. The van der Waals surface area contributed by atoms with Crippen molar-refractivity contribution in [1.29, 1.82) is 0 Å². The third-order valence-electron chi connectivity index (χ3n) is 1.95. The SMILES string of the molecule is N[C@H]1C(O)OC(CO)[C@H](O)C1O. The maximum absolute atomic E-state index is 9.20. The van der Waals surface area contributed by atoms with Crippen LogP contribution in [-0.2, 0) is 4.74 Å². The van der Waals surface area contributed by atoms with Crippen LogP contribution in [0.2, 0.25) is 0 Å². The molecule has 6 heteroatoms. The number of aliphatic hydroxyl groups is 4. The molecule has 1 aliphatic rings. The van der Waals surface area contributed by atoms with Crippen LogP contribution < -0.4 is 5.73 Å². The van der Waals surface area contributed by atoms with Crippen LogP contribution >= 0.6 is 0 Å². The summed E-state index contributed by atoms with van der Waals surface area (Å²) in [4.78, 5) is 0. The van der Waals surface area contributed by atoms with Crippen molar-refractivity contribution >= 4 is 0 Å². The van der Waals surface area contributed by atoms with Crippen molar-refractivity contribution in [2.75, 3.05) is 6.61 Å². The molecule has 1 aliphatic heterocycles. The highest BCUT2D eigenvalue weighted by Gasteiger charge is 2.41. The summed E-state index contributed by atoms with van der Waals surface area (Å²) in [6.07, 6.45) is -4.85. The zero-order chi connectivity index (χ0) is 9.30. The quantitative estimate of drug-likeness (QED) is 0.288. The van der Waals surface area contributed by atoms with Gasteiger partial charge in [0.1, 0.15) is 18.3 Å². The van der Waals surface area contributed by atoms with Crippen LogP contribution in [0.3, 0.4) is 0 Å². The number of ether oxygens (including phenoxy) is 1. The molecule has 0 spiro atoms. The van der Waals surface area contributed by atoms with Crippen LogP contribution in [0, 0.1) is 0 Å². The van der Waals surface area contributed by atoms with E-state index in [2.05, 4.69) is 0 Å². The van der Waals surface area contributed by atoms with Crippen molar-refractivity contribution in [3.05, 3.63) is 0 Å². The molecule has 0 aromatic heterocycles. The smallest absolute Gasteiger partial charge is 0.173 e. The fraction of sp³-hybridized carbons (Fsp3) is 1.00. The Balaban J connectivity index is 2.63. The Morgan fingerprint density at radius 1 is 1.17 bits per heavy atom. The van der Waals surface area contributed by atoms with Gasteiger partial charge >= 0.3 is 0 Å². The van der Waals surface area contributed by atoms with Crippen LogP contribution in [0.4, 0.5) is 0 Å². The van der Waals surface area contributed by atoms with Crippen molar-refractivity contribution in [3.8, 4) is 0 Å². The third-order valence-corrected chi connectivity index (χ3v) is 1.95. The normalized spacial score (nSPS) is 49.2. The number of rotatable bonds is 1. The molecule has 0 radical (unpaired) electrons. The first-order valence-electron chi connectivity index (χ1n) is 3.64. The van der Waals surface area contributed by atoms with Crippen molar-refractivity contribution in [2.45, 2.75) is 30.6 Å². The molecule has 72 valence electrons. The average Bonchev–Trinajstić information content (AvgIpc) is 2.08. The monoisotopic (exact) mass is 179 g/mol. The number of nitrogens with two attached hydrogens (primary N) is 1.